The van der Waals surface area contributed by atoms with Crippen LogP contribution in [-0.2, 0) is 4.74 Å². The highest BCUT2D eigenvalue weighted by molar-refractivity contribution is 5.70. The van der Waals surface area contributed by atoms with E-state index in [1.54, 1.807) is 12.1 Å². The van der Waals surface area contributed by atoms with Crippen molar-refractivity contribution in [2.45, 2.75) is 6.04 Å². The van der Waals surface area contributed by atoms with Gasteiger partial charge in [0.05, 0.1) is 13.2 Å². The maximum Gasteiger partial charge on any atom is 0.407 e. The third kappa shape index (κ3) is 1.81. The van der Waals surface area contributed by atoms with Crippen LogP contribution in [0, 0.1) is 0 Å². The second-order valence-corrected chi connectivity index (χ2v) is 3.22. The molecule has 0 aliphatic carbocycles. The molecule has 1 heterocycles. The summed E-state index contributed by atoms with van der Waals surface area (Å²) in [5, 5.41) is 12.3. The fourth-order valence-electron chi connectivity index (χ4n) is 1.50. The van der Waals surface area contributed by atoms with Gasteiger partial charge in [0.25, 0.3) is 0 Å². The van der Waals surface area contributed by atoms with Crippen molar-refractivity contribution < 1.29 is 19.4 Å². The Labute approximate surface area is 86.6 Å². The number of nitrogens with one attached hydrogen (secondary N) is 1. The van der Waals surface area contributed by atoms with E-state index in [9.17, 15) is 9.90 Å². The molecule has 2 N–H and O–H groups in total. The molecule has 1 aliphatic rings. The van der Waals surface area contributed by atoms with Gasteiger partial charge in [0.15, 0.2) is 0 Å². The normalized spacial score (nSPS) is 19.5. The number of cyclic esters (lactones) is 1. The Kier molecular flexibility index (Phi) is 2.37. The van der Waals surface area contributed by atoms with Crippen LogP contribution in [0.15, 0.2) is 18.2 Å². The summed E-state index contributed by atoms with van der Waals surface area (Å²) in [5.74, 6) is 0.659. The number of methoxy groups -OCH3 is 1. The molecule has 0 aromatic heterocycles. The van der Waals surface area contributed by atoms with Crippen molar-refractivity contribution in [3.63, 3.8) is 0 Å². The third-order valence-electron chi connectivity index (χ3n) is 2.29. The number of rotatable bonds is 2. The Hall–Kier alpha value is -1.91. The first-order valence-corrected chi connectivity index (χ1v) is 4.51. The number of hydrogen-bond donors (Lipinski definition) is 2. The van der Waals surface area contributed by atoms with E-state index in [0.29, 0.717) is 11.3 Å². The number of carbonyl (C=O) groups is 1. The summed E-state index contributed by atoms with van der Waals surface area (Å²) in [6.07, 6.45) is -0.463. The second-order valence-electron chi connectivity index (χ2n) is 3.22. The van der Waals surface area contributed by atoms with Crippen LogP contribution in [0.1, 0.15) is 11.6 Å². The molecule has 80 valence electrons. The summed E-state index contributed by atoms with van der Waals surface area (Å²) in [4.78, 5) is 10.8. The lowest BCUT2D eigenvalue weighted by atomic mass is 10.1. The molecule has 5 nitrogen and oxygen atoms in total. The number of phenols is 1. The Morgan fingerprint density at radius 2 is 2.40 bits per heavy atom. The van der Waals surface area contributed by atoms with Gasteiger partial charge in [-0.3, -0.25) is 0 Å². The monoisotopic (exact) mass is 209 g/mol. The largest absolute Gasteiger partial charge is 0.507 e. The molecule has 0 unspecified atom stereocenters. The average Bonchev–Trinajstić information content (AvgIpc) is 2.64. The summed E-state index contributed by atoms with van der Waals surface area (Å²) in [7, 11) is 1.52. The molecule has 1 aliphatic heterocycles. The first-order chi connectivity index (χ1) is 7.20. The molecule has 0 spiro atoms. The summed E-state index contributed by atoms with van der Waals surface area (Å²) in [5.41, 5.74) is 0.627. The maximum absolute atomic E-state index is 10.8. The number of hydrogen-bond acceptors (Lipinski definition) is 4. The van der Waals surface area contributed by atoms with Crippen LogP contribution in [0.5, 0.6) is 11.5 Å². The third-order valence-corrected chi connectivity index (χ3v) is 2.29. The lowest BCUT2D eigenvalue weighted by Crippen LogP contribution is -2.18. The number of aromatic hydroxyl groups is 1. The quantitative estimate of drug-likeness (QED) is 0.767. The summed E-state index contributed by atoms with van der Waals surface area (Å²) >= 11 is 0. The minimum absolute atomic E-state index is 0.0881. The van der Waals surface area contributed by atoms with Crippen LogP contribution < -0.4 is 10.1 Å². The fraction of sp³-hybridized carbons (Fsp3) is 0.300. The van der Waals surface area contributed by atoms with Crippen LogP contribution in [0.25, 0.3) is 0 Å². The van der Waals surface area contributed by atoms with Crippen molar-refractivity contribution >= 4 is 6.09 Å². The molecule has 0 radical (unpaired) electrons. The first kappa shape index (κ1) is 9.64. The number of alkyl carbamates (subject to hydrolysis) is 1. The SMILES string of the molecule is COc1ccc([C@@H]2COC(=O)N2)c(O)c1. The number of carbonyl (C=O) groups excluding carboxylic acids is 1. The topological polar surface area (TPSA) is 67.8 Å². The van der Waals surface area contributed by atoms with Gasteiger partial charge >= 0.3 is 6.09 Å². The molecule has 15 heavy (non-hydrogen) atoms. The van der Waals surface area contributed by atoms with Crippen LogP contribution in [0.3, 0.4) is 0 Å². The molecule has 2 rings (SSSR count). The lowest BCUT2D eigenvalue weighted by molar-refractivity contribution is 0.177. The summed E-state index contributed by atoms with van der Waals surface area (Å²) in [6.45, 7) is 0.235. The second kappa shape index (κ2) is 3.68. The fourth-order valence-corrected chi connectivity index (χ4v) is 1.50. The summed E-state index contributed by atoms with van der Waals surface area (Å²) < 4.78 is 9.69. The zero-order valence-corrected chi connectivity index (χ0v) is 8.19. The van der Waals surface area contributed by atoms with Crippen LogP contribution >= 0.6 is 0 Å². The molecular formula is C10H11NO4. The Bertz CT molecular complexity index is 391. The van der Waals surface area contributed by atoms with Gasteiger partial charge in [0.2, 0.25) is 0 Å². The highest BCUT2D eigenvalue weighted by Crippen LogP contribution is 2.30. The van der Waals surface area contributed by atoms with Crippen molar-refractivity contribution in [2.75, 3.05) is 13.7 Å². The molecule has 0 bridgehead atoms. The number of amides is 1. The van der Waals surface area contributed by atoms with Gasteiger partial charge in [0.1, 0.15) is 18.1 Å². The van der Waals surface area contributed by atoms with Gasteiger partial charge in [-0.05, 0) is 12.1 Å². The molecule has 1 aromatic rings. The van der Waals surface area contributed by atoms with Crippen molar-refractivity contribution in [2.24, 2.45) is 0 Å². The average molecular weight is 209 g/mol. The number of phenolic OH excluding ortho intramolecular Hbond substituents is 1. The van der Waals surface area contributed by atoms with E-state index in [2.05, 4.69) is 5.32 Å². The van der Waals surface area contributed by atoms with Gasteiger partial charge in [-0.15, -0.1) is 0 Å². The summed E-state index contributed by atoms with van der Waals surface area (Å²) in [6, 6.07) is 4.64. The van der Waals surface area contributed by atoms with Gasteiger partial charge in [-0.1, -0.05) is 0 Å². The minimum Gasteiger partial charge on any atom is -0.507 e. The zero-order valence-electron chi connectivity index (χ0n) is 8.19. The van der Waals surface area contributed by atoms with E-state index in [1.807, 2.05) is 0 Å². The predicted octanol–water partition coefficient (Wildman–Crippen LogP) is 1.18. The van der Waals surface area contributed by atoms with Crippen LogP contribution in [-0.4, -0.2) is 24.9 Å². The molecule has 1 saturated heterocycles. The van der Waals surface area contributed by atoms with E-state index < -0.39 is 6.09 Å². The van der Waals surface area contributed by atoms with E-state index in [1.165, 1.54) is 13.2 Å². The Balaban J connectivity index is 2.25. The highest BCUT2D eigenvalue weighted by atomic mass is 16.6. The molecular weight excluding hydrogens is 198 g/mol. The van der Waals surface area contributed by atoms with Crippen molar-refractivity contribution in [1.82, 2.24) is 5.32 Å². The molecule has 5 heteroatoms. The molecule has 1 aromatic carbocycles. The van der Waals surface area contributed by atoms with E-state index in [4.69, 9.17) is 9.47 Å². The van der Waals surface area contributed by atoms with E-state index in [0.717, 1.165) is 0 Å². The minimum atomic E-state index is -0.463. The molecule has 1 fully saturated rings. The van der Waals surface area contributed by atoms with E-state index in [-0.39, 0.29) is 18.4 Å². The van der Waals surface area contributed by atoms with Crippen LogP contribution in [0.4, 0.5) is 4.79 Å². The van der Waals surface area contributed by atoms with Gasteiger partial charge < -0.3 is 19.9 Å². The molecule has 1 atom stereocenters. The zero-order chi connectivity index (χ0) is 10.8. The standard InChI is InChI=1S/C10H11NO4/c1-14-6-2-3-7(9(12)4-6)8-5-15-10(13)11-8/h2-4,8,12H,5H2,1H3,(H,11,13)/t8-/m0/s1. The van der Waals surface area contributed by atoms with Gasteiger partial charge in [-0.2, -0.15) is 0 Å². The van der Waals surface area contributed by atoms with Crippen molar-refractivity contribution in [1.29, 1.82) is 0 Å². The molecule has 1 amide bonds. The van der Waals surface area contributed by atoms with Crippen molar-refractivity contribution in [3.8, 4) is 11.5 Å². The maximum atomic E-state index is 10.8. The first-order valence-electron chi connectivity index (χ1n) is 4.51. The van der Waals surface area contributed by atoms with Crippen LogP contribution in [0.2, 0.25) is 0 Å². The Morgan fingerprint density at radius 3 is 2.93 bits per heavy atom. The van der Waals surface area contributed by atoms with Gasteiger partial charge in [0, 0.05) is 11.6 Å². The van der Waals surface area contributed by atoms with Gasteiger partial charge in [-0.25, -0.2) is 4.79 Å². The smallest absolute Gasteiger partial charge is 0.407 e. The van der Waals surface area contributed by atoms with E-state index >= 15 is 0 Å². The number of benzene rings is 1. The number of ether oxygens (including phenoxy) is 2. The lowest BCUT2D eigenvalue weighted by Gasteiger charge is -2.10. The highest BCUT2D eigenvalue weighted by Gasteiger charge is 2.25. The Morgan fingerprint density at radius 1 is 1.60 bits per heavy atom. The predicted molar refractivity (Wildman–Crippen MR) is 51.9 cm³/mol. The molecule has 0 saturated carbocycles. The van der Waals surface area contributed by atoms with Crippen molar-refractivity contribution in [3.05, 3.63) is 23.8 Å².